The molecular formula is C110H168O9. The molecule has 0 saturated heterocycles. The van der Waals surface area contributed by atoms with Crippen molar-refractivity contribution in [2.75, 3.05) is 13.2 Å². The third-order valence-electron chi connectivity index (χ3n) is 32.0. The summed E-state index contributed by atoms with van der Waals surface area (Å²) in [6, 6.07) is 42.4. The van der Waals surface area contributed by atoms with Gasteiger partial charge < -0.3 is 43.0 Å². The van der Waals surface area contributed by atoms with Crippen molar-refractivity contribution in [3.8, 4) is 28.7 Å². The van der Waals surface area contributed by atoms with Gasteiger partial charge in [0.05, 0.1) is 25.4 Å². The van der Waals surface area contributed by atoms with Crippen LogP contribution in [0.25, 0.3) is 0 Å². The van der Waals surface area contributed by atoms with Gasteiger partial charge in [0, 0.05) is 17.8 Å². The molecule has 119 heavy (non-hydrogen) atoms. The van der Waals surface area contributed by atoms with Gasteiger partial charge in [0.1, 0.15) is 28.7 Å². The van der Waals surface area contributed by atoms with Crippen LogP contribution in [0.15, 0.2) is 121 Å². The number of rotatable bonds is 34. The topological polar surface area (TPSA) is 94.1 Å². The molecule has 0 aliphatic heterocycles. The molecule has 0 spiro atoms. The molecule has 662 valence electrons. The van der Waals surface area contributed by atoms with Gasteiger partial charge in [-0.05, 0) is 319 Å². The number of ether oxygens (including phenoxy) is 8. The average molecular weight is 1630 g/mol. The third-order valence-corrected chi connectivity index (χ3v) is 32.0. The lowest BCUT2D eigenvalue weighted by atomic mass is 9.49. The standard InChI is InChI=1S/2C27H40O2.C26H42O2.C20H32O2.C10H14O/c1-3-18(2)19-12-14-22(15-13-19)28-27(20-8-5-4-6-9-20)29-26-17-21-16-25(26)24-11-7-10-23(21)24;1-3-19(2)23-9-11-25(12-10-23)29-26(28-24-7-5-4-6-8-24)27-16-20-13-21(17-27)15-22(14-20)18-27;1-3-21(2)24-14-16-25(17-15-24)28-26(20-23-12-8-5-9-13-23)27-19-18-22-10-6-4-7-11-22;1-4-16(2)19-10-12-20(13-11-19)22-17(3)21-15-14-18-8-6-5-7-9-18;1-3-8(2)9-4-6-10(11)7-5-9/h12-15,18,20-21,23-27H,3-11,16-17H2,1-2H3;9-12,19-22,24,26H,3-8,13-18H2,1-2H3;14-17,21-23,26H,3-13,18-20H2,1-2H3;10-13,16-18H,4-9,14-15H2,1-3H3;4-8,11H,3H2,1-2H3. The fourth-order valence-corrected chi connectivity index (χ4v) is 23.8. The van der Waals surface area contributed by atoms with Crippen molar-refractivity contribution in [3.63, 3.8) is 0 Å². The largest absolute Gasteiger partial charge is 0.508 e. The smallest absolute Gasteiger partial charge is 0.205 e. The number of phenols is 1. The summed E-state index contributed by atoms with van der Waals surface area (Å²) >= 11 is 0. The fraction of sp³-hybridized carbons (Fsp3) is 0.727. The Morgan fingerprint density at radius 1 is 0.345 bits per heavy atom. The Labute approximate surface area is 726 Å². The summed E-state index contributed by atoms with van der Waals surface area (Å²) in [4.78, 5) is 0. The maximum atomic E-state index is 9.01. The molecule has 12 saturated carbocycles. The maximum Gasteiger partial charge on any atom is 0.205 e. The van der Waals surface area contributed by atoms with Gasteiger partial charge in [0.15, 0.2) is 12.6 Å². The zero-order valence-electron chi connectivity index (χ0n) is 77.0. The Hall–Kier alpha value is -5.06. The minimum absolute atomic E-state index is 0.0473. The summed E-state index contributed by atoms with van der Waals surface area (Å²) in [6.45, 7) is 26.1. The van der Waals surface area contributed by atoms with E-state index in [1.54, 1.807) is 12.1 Å². The van der Waals surface area contributed by atoms with Crippen LogP contribution in [0.2, 0.25) is 0 Å². The highest BCUT2D eigenvalue weighted by molar-refractivity contribution is 5.33. The first-order chi connectivity index (χ1) is 58.0. The molecule has 12 fully saturated rings. The van der Waals surface area contributed by atoms with Crippen LogP contribution >= 0.6 is 0 Å². The molecule has 14 unspecified atom stereocenters. The van der Waals surface area contributed by atoms with Crippen molar-refractivity contribution in [3.05, 3.63) is 149 Å². The van der Waals surface area contributed by atoms with Crippen LogP contribution in [0, 0.1) is 70.5 Å². The highest BCUT2D eigenvalue weighted by Crippen LogP contribution is 2.63. The number of hydrogen-bond acceptors (Lipinski definition) is 9. The minimum Gasteiger partial charge on any atom is -0.508 e. The quantitative estimate of drug-likeness (QED) is 0.0404. The highest BCUT2D eigenvalue weighted by Gasteiger charge is 2.57. The van der Waals surface area contributed by atoms with Gasteiger partial charge in [-0.1, -0.05) is 271 Å². The van der Waals surface area contributed by atoms with Crippen LogP contribution in [0.5, 0.6) is 28.7 Å². The Balaban J connectivity index is 0.000000140. The molecule has 9 nitrogen and oxygen atoms in total. The van der Waals surface area contributed by atoms with Gasteiger partial charge >= 0.3 is 0 Å². The number of aromatic hydroxyl groups is 1. The second kappa shape index (κ2) is 48.4. The first kappa shape index (κ1) is 93.1. The summed E-state index contributed by atoms with van der Waals surface area (Å²) in [5.41, 5.74) is 7.17. The van der Waals surface area contributed by atoms with Crippen molar-refractivity contribution in [2.45, 2.75) is 426 Å². The van der Waals surface area contributed by atoms with E-state index in [0.717, 1.165) is 108 Å². The first-order valence-corrected chi connectivity index (χ1v) is 50.4. The predicted molar refractivity (Wildman–Crippen MR) is 493 cm³/mol. The van der Waals surface area contributed by atoms with E-state index in [9.17, 15) is 0 Å². The number of benzene rings is 5. The SMILES string of the molecule is CCC(C)c1ccc(O)cc1.CCC(C)c1ccc(OC(C)OCCC2CCCCC2)cc1.CCC(C)c1ccc(OC(CC2CCCCC2)OCCC2CCCCC2)cc1.CCC(C)c1ccc(OC(OC2CC3CC2C2CCCC32)C2CCCCC2)cc1.CCC(C)c1ccc(OC(OC2CCCCC2)C23CC4CC(CC(C4)C2)C3)cc1. The lowest BCUT2D eigenvalue weighted by Crippen LogP contribution is -2.55. The maximum absolute atomic E-state index is 9.01. The van der Waals surface area contributed by atoms with Crippen LogP contribution < -0.4 is 18.9 Å². The molecule has 9 heteroatoms. The Morgan fingerprint density at radius 2 is 0.723 bits per heavy atom. The molecule has 12 aliphatic carbocycles. The van der Waals surface area contributed by atoms with E-state index in [2.05, 4.69) is 166 Å². The fourth-order valence-electron chi connectivity index (χ4n) is 23.8. The van der Waals surface area contributed by atoms with Crippen LogP contribution in [0.4, 0.5) is 0 Å². The lowest BCUT2D eigenvalue weighted by Gasteiger charge is -2.58. The van der Waals surface area contributed by atoms with Gasteiger partial charge in [-0.25, -0.2) is 0 Å². The summed E-state index contributed by atoms with van der Waals surface area (Å²) in [5, 5.41) is 9.01. The molecule has 5 aromatic rings. The molecule has 12 aliphatic rings. The molecule has 0 amide bonds. The Kier molecular flexibility index (Phi) is 37.9. The molecule has 0 aromatic heterocycles. The molecule has 0 heterocycles. The summed E-state index contributed by atoms with van der Waals surface area (Å²) in [6.07, 6.45) is 59.3. The minimum atomic E-state index is -0.168. The van der Waals surface area contributed by atoms with Gasteiger partial charge in [-0.15, -0.1) is 0 Å². The van der Waals surface area contributed by atoms with Crippen molar-refractivity contribution in [1.29, 1.82) is 0 Å². The second-order valence-electron chi connectivity index (χ2n) is 40.6. The normalized spacial score (nSPS) is 27.3. The zero-order valence-corrected chi connectivity index (χ0v) is 77.0. The van der Waals surface area contributed by atoms with Gasteiger partial charge in [0.25, 0.3) is 0 Å². The average Bonchev–Trinajstić information content (AvgIpc) is 0.772. The number of hydrogen-bond donors (Lipinski definition) is 1. The molecule has 17 rings (SSSR count). The molecule has 1 N–H and O–H groups in total. The number of fused-ring (bicyclic) bond motifs is 5. The van der Waals surface area contributed by atoms with E-state index in [1.165, 1.54) is 297 Å². The van der Waals surface area contributed by atoms with Gasteiger partial charge in [-0.2, -0.15) is 0 Å². The van der Waals surface area contributed by atoms with E-state index < -0.39 is 0 Å². The summed E-state index contributed by atoms with van der Waals surface area (Å²) < 4.78 is 51.4. The van der Waals surface area contributed by atoms with Crippen molar-refractivity contribution in [2.24, 2.45) is 70.5 Å². The Bertz CT molecular complexity index is 3510. The van der Waals surface area contributed by atoms with Crippen LogP contribution in [-0.2, 0) is 18.9 Å². The summed E-state index contributed by atoms with van der Waals surface area (Å²) in [5.74, 6) is 16.9. The highest BCUT2D eigenvalue weighted by atomic mass is 16.7. The third kappa shape index (κ3) is 28.2. The van der Waals surface area contributed by atoms with Crippen molar-refractivity contribution in [1.82, 2.24) is 0 Å². The summed E-state index contributed by atoms with van der Waals surface area (Å²) in [7, 11) is 0. The lowest BCUT2D eigenvalue weighted by molar-refractivity contribution is -0.236. The van der Waals surface area contributed by atoms with E-state index in [1.807, 2.05) is 19.1 Å². The second-order valence-corrected chi connectivity index (χ2v) is 40.6. The first-order valence-electron chi connectivity index (χ1n) is 50.4. The molecule has 5 aromatic carbocycles. The van der Waals surface area contributed by atoms with E-state index >= 15 is 0 Å². The molecule has 6 bridgehead atoms. The van der Waals surface area contributed by atoms with Gasteiger partial charge in [0.2, 0.25) is 12.6 Å². The number of phenolic OH excluding ortho intramolecular Hbond substituents is 1. The van der Waals surface area contributed by atoms with E-state index in [-0.39, 0.29) is 30.6 Å². The molecular weight excluding hydrogens is 1470 g/mol. The van der Waals surface area contributed by atoms with E-state index in [0.29, 0.717) is 53.5 Å². The zero-order chi connectivity index (χ0) is 83.3. The van der Waals surface area contributed by atoms with E-state index in [4.69, 9.17) is 43.0 Å². The Morgan fingerprint density at radius 3 is 1.17 bits per heavy atom. The van der Waals surface area contributed by atoms with Crippen LogP contribution in [0.1, 0.15) is 416 Å². The molecule has 0 radical (unpaired) electrons. The van der Waals surface area contributed by atoms with Crippen LogP contribution in [0.3, 0.4) is 0 Å². The predicted octanol–water partition coefficient (Wildman–Crippen LogP) is 31.5. The van der Waals surface area contributed by atoms with Gasteiger partial charge in [-0.3, -0.25) is 0 Å². The van der Waals surface area contributed by atoms with Crippen LogP contribution in [-0.4, -0.2) is 55.7 Å². The molecule has 14 atom stereocenters. The van der Waals surface area contributed by atoms with Crippen molar-refractivity contribution >= 4 is 0 Å². The van der Waals surface area contributed by atoms with Crippen molar-refractivity contribution < 1.29 is 43.0 Å². The monoisotopic (exact) mass is 1630 g/mol.